The van der Waals surface area contributed by atoms with Crippen LogP contribution in [0.3, 0.4) is 0 Å². The normalized spacial score (nSPS) is 14.2. The molecule has 1 aliphatic heterocycles. The molecular weight excluding hydrogens is 136 g/mol. The topological polar surface area (TPSA) is 56.3 Å². The molecule has 1 aromatic rings. The Kier molecular flexibility index (Phi) is 0.814. The van der Waals surface area contributed by atoms with Crippen molar-refractivity contribution in [3.05, 3.63) is 15.7 Å². The van der Waals surface area contributed by atoms with Crippen molar-refractivity contribution in [2.45, 2.75) is 0 Å². The van der Waals surface area contributed by atoms with Crippen molar-refractivity contribution < 1.29 is 0 Å². The number of rotatable bonds is 0. The molecule has 2 N–H and O–H groups in total. The van der Waals surface area contributed by atoms with Crippen molar-refractivity contribution in [2.75, 3.05) is 6.67 Å². The highest BCUT2D eigenvalue weighted by Gasteiger charge is 1.95. The molecule has 0 unspecified atom stereocenters. The standard InChI is InChI=1S/C4H4N4S/c9-4-7-2-3(8-4)6-1-5-2/h1H2,(H2,5,6,7,8,9). The highest BCUT2D eigenvalue weighted by molar-refractivity contribution is 7.71. The average Bonchev–Trinajstić information content (AvgIpc) is 2.22. The van der Waals surface area contributed by atoms with Crippen LogP contribution in [-0.2, 0) is 0 Å². The fourth-order valence-electron chi connectivity index (χ4n) is 0.770. The summed E-state index contributed by atoms with van der Waals surface area (Å²) in [5.74, 6) is 0. The van der Waals surface area contributed by atoms with E-state index in [-0.39, 0.29) is 0 Å². The Labute approximate surface area is 55.4 Å². The summed E-state index contributed by atoms with van der Waals surface area (Å²) in [7, 11) is 0. The molecule has 0 spiro atoms. The third-order valence-electron chi connectivity index (χ3n) is 1.15. The minimum Gasteiger partial charge on any atom is -0.314 e. The minimum absolute atomic E-state index is 0.521. The van der Waals surface area contributed by atoms with Gasteiger partial charge in [0.1, 0.15) is 6.67 Å². The lowest BCUT2D eigenvalue weighted by Crippen LogP contribution is -2.20. The van der Waals surface area contributed by atoms with Gasteiger partial charge in [0.05, 0.1) is 0 Å². The first-order chi connectivity index (χ1) is 4.36. The number of H-pyrrole nitrogens is 2. The summed E-state index contributed by atoms with van der Waals surface area (Å²) >= 11 is 4.79. The second kappa shape index (κ2) is 1.51. The molecule has 2 rings (SSSR count). The molecular formula is C4H4N4S. The predicted octanol–water partition coefficient (Wildman–Crippen LogP) is -0.717. The van der Waals surface area contributed by atoms with Crippen LogP contribution in [-0.4, -0.2) is 16.6 Å². The zero-order chi connectivity index (χ0) is 6.27. The summed E-state index contributed by atoms with van der Waals surface area (Å²) in [6.45, 7) is 0.521. The molecule has 0 aliphatic carbocycles. The fraction of sp³-hybridized carbons (Fsp3) is 0.250. The Hall–Kier alpha value is -0.970. The molecule has 46 valence electrons. The van der Waals surface area contributed by atoms with Gasteiger partial charge in [-0.2, -0.15) is 0 Å². The summed E-state index contributed by atoms with van der Waals surface area (Å²) in [6, 6.07) is 0. The monoisotopic (exact) mass is 140 g/mol. The van der Waals surface area contributed by atoms with Crippen LogP contribution in [0.25, 0.3) is 0 Å². The van der Waals surface area contributed by atoms with E-state index in [2.05, 4.69) is 20.0 Å². The first-order valence-corrected chi connectivity index (χ1v) is 2.94. The lowest BCUT2D eigenvalue weighted by atomic mass is 10.8. The number of nitrogens with one attached hydrogen (secondary N) is 2. The van der Waals surface area contributed by atoms with Gasteiger partial charge in [0.2, 0.25) is 0 Å². The van der Waals surface area contributed by atoms with E-state index >= 15 is 0 Å². The van der Waals surface area contributed by atoms with E-state index < -0.39 is 0 Å². The van der Waals surface area contributed by atoms with Gasteiger partial charge in [0, 0.05) is 0 Å². The first-order valence-electron chi connectivity index (χ1n) is 2.53. The molecule has 0 bridgehead atoms. The minimum atomic E-state index is 0.521. The second-order valence-electron chi connectivity index (χ2n) is 1.73. The Balaban J connectivity index is 3.11. The number of hydrogen-bond donors (Lipinski definition) is 2. The number of fused-ring (bicyclic) bond motifs is 1. The van der Waals surface area contributed by atoms with Gasteiger partial charge < -0.3 is 9.97 Å². The largest absolute Gasteiger partial charge is 0.314 e. The van der Waals surface area contributed by atoms with Crippen molar-refractivity contribution in [1.29, 1.82) is 0 Å². The van der Waals surface area contributed by atoms with Gasteiger partial charge in [-0.05, 0) is 12.2 Å². The van der Waals surface area contributed by atoms with E-state index in [0.717, 1.165) is 11.0 Å². The van der Waals surface area contributed by atoms with Gasteiger partial charge in [0.15, 0.2) is 15.7 Å². The highest BCUT2D eigenvalue weighted by atomic mass is 32.1. The van der Waals surface area contributed by atoms with Gasteiger partial charge in [-0.15, -0.1) is 0 Å². The summed E-state index contributed by atoms with van der Waals surface area (Å²) in [4.78, 5) is 13.7. The van der Waals surface area contributed by atoms with Crippen LogP contribution in [0.4, 0.5) is 0 Å². The molecule has 1 aliphatic rings. The number of aromatic nitrogens is 2. The molecule has 0 fully saturated rings. The molecule has 0 saturated heterocycles. The third kappa shape index (κ3) is 0.613. The van der Waals surface area contributed by atoms with Crippen molar-refractivity contribution in [3.8, 4) is 0 Å². The summed E-state index contributed by atoms with van der Waals surface area (Å²) in [6.07, 6.45) is 0. The maximum atomic E-state index is 4.79. The summed E-state index contributed by atoms with van der Waals surface area (Å²) in [5, 5.41) is 0. The maximum Gasteiger partial charge on any atom is 0.177 e. The zero-order valence-electron chi connectivity index (χ0n) is 4.51. The van der Waals surface area contributed by atoms with Gasteiger partial charge in [-0.3, -0.25) is 0 Å². The van der Waals surface area contributed by atoms with E-state index in [1.165, 1.54) is 0 Å². The Morgan fingerprint density at radius 1 is 1.22 bits per heavy atom. The number of hydrogen-bond acceptors (Lipinski definition) is 3. The quantitative estimate of drug-likeness (QED) is 0.459. The molecule has 0 amide bonds. The van der Waals surface area contributed by atoms with Crippen LogP contribution in [0.1, 0.15) is 0 Å². The van der Waals surface area contributed by atoms with Crippen LogP contribution in [0.15, 0.2) is 9.98 Å². The predicted molar refractivity (Wildman–Crippen MR) is 33.2 cm³/mol. The SMILES string of the molecule is S=c1[nH]c2c([nH]1)=NCN=2. The van der Waals surface area contributed by atoms with Crippen molar-refractivity contribution in [1.82, 2.24) is 9.97 Å². The van der Waals surface area contributed by atoms with Crippen molar-refractivity contribution in [3.63, 3.8) is 0 Å². The lowest BCUT2D eigenvalue weighted by Gasteiger charge is -1.69. The third-order valence-corrected chi connectivity index (χ3v) is 1.35. The smallest absolute Gasteiger partial charge is 0.177 e. The fourth-order valence-corrected chi connectivity index (χ4v) is 0.964. The van der Waals surface area contributed by atoms with Gasteiger partial charge in [0.25, 0.3) is 0 Å². The molecule has 4 nitrogen and oxygen atoms in total. The van der Waals surface area contributed by atoms with Crippen LogP contribution in [0, 0.1) is 4.77 Å². The lowest BCUT2D eigenvalue weighted by molar-refractivity contribution is 1.01. The van der Waals surface area contributed by atoms with Crippen LogP contribution < -0.4 is 11.0 Å². The first kappa shape index (κ1) is 4.87. The van der Waals surface area contributed by atoms with E-state index in [1.807, 2.05) is 0 Å². The summed E-state index contributed by atoms with van der Waals surface area (Å²) in [5.41, 5.74) is 1.56. The second-order valence-corrected chi connectivity index (χ2v) is 2.14. The van der Waals surface area contributed by atoms with Crippen LogP contribution in [0.5, 0.6) is 0 Å². The molecule has 2 heterocycles. The molecule has 1 aromatic heterocycles. The Morgan fingerprint density at radius 2 is 1.78 bits per heavy atom. The van der Waals surface area contributed by atoms with Gasteiger partial charge >= 0.3 is 0 Å². The Morgan fingerprint density at radius 3 is 2.33 bits per heavy atom. The number of nitrogens with zero attached hydrogens (tertiary/aromatic N) is 2. The molecule has 0 saturated carbocycles. The van der Waals surface area contributed by atoms with Gasteiger partial charge in [-0.25, -0.2) is 9.98 Å². The van der Waals surface area contributed by atoms with E-state index in [4.69, 9.17) is 12.2 Å². The van der Waals surface area contributed by atoms with E-state index in [0.29, 0.717) is 11.4 Å². The van der Waals surface area contributed by atoms with Crippen molar-refractivity contribution >= 4 is 12.2 Å². The van der Waals surface area contributed by atoms with E-state index in [9.17, 15) is 0 Å². The number of imidazole rings is 1. The molecule has 0 atom stereocenters. The molecule has 9 heavy (non-hydrogen) atoms. The van der Waals surface area contributed by atoms with Gasteiger partial charge in [-0.1, -0.05) is 0 Å². The van der Waals surface area contributed by atoms with Crippen LogP contribution >= 0.6 is 12.2 Å². The highest BCUT2D eigenvalue weighted by Crippen LogP contribution is 1.73. The zero-order valence-corrected chi connectivity index (χ0v) is 5.33. The average molecular weight is 140 g/mol. The van der Waals surface area contributed by atoms with E-state index in [1.54, 1.807) is 0 Å². The number of aromatic amines is 2. The summed E-state index contributed by atoms with van der Waals surface area (Å²) < 4.78 is 0.590. The maximum absolute atomic E-state index is 4.79. The Bertz CT molecular complexity index is 349. The molecule has 0 radical (unpaired) electrons. The molecule has 5 heteroatoms. The van der Waals surface area contributed by atoms with Crippen molar-refractivity contribution in [2.24, 2.45) is 9.98 Å². The molecule has 0 aromatic carbocycles. The van der Waals surface area contributed by atoms with Crippen LogP contribution in [0.2, 0.25) is 0 Å².